The van der Waals surface area contributed by atoms with E-state index < -0.39 is 72.5 Å². The summed E-state index contributed by atoms with van der Waals surface area (Å²) in [5, 5.41) is 16.7. The van der Waals surface area contributed by atoms with Crippen molar-refractivity contribution in [1.82, 2.24) is 0 Å². The van der Waals surface area contributed by atoms with Crippen molar-refractivity contribution < 1.29 is 46.1 Å². The van der Waals surface area contributed by atoms with E-state index in [9.17, 15) is 16.4 Å². The van der Waals surface area contributed by atoms with Crippen LogP contribution in [0.1, 0.15) is 82.8 Å². The third kappa shape index (κ3) is 13.3. The Balaban J connectivity index is 0.000000114. The van der Waals surface area contributed by atoms with Crippen LogP contribution in [0.2, 0.25) is 0 Å². The van der Waals surface area contributed by atoms with E-state index in [4.69, 9.17) is 29.7 Å². The van der Waals surface area contributed by atoms with Crippen molar-refractivity contribution >= 4 is 184 Å². The SMILES string of the molecule is [2H]c1c([2H])c([2H])c2c(-c3ccc4oc5c6ccccc6ccc5c4c3)c3c([2H])c([2H])c([2H])c([2H])c3c(-c3ccc(-c4ccc5c(c4)-c4ccccc4C5(C)C)cc3)c2c1[2H].[2H]c1c([2H])c([2H])c2c(-c3ccc4oc5c6ccccc6ccc5c4c3)c3c([2H])c([2H])c([2H])c([2H])c3c(-c3cccc(-c4ccc5c(c4)-c4ccccc4C5(C)C)c3)c2c1[2H].[2H]c1c([2H])c([2H])c2c(-c3cccc4c3ccc3ccccc34)c3c([2H])c([2H])c([2H])c([2H])c3c(-c3ccc4oc5c6ccccc6ccc5c4c3)c2c1[2H]. The molecular formula is C146H94O3. The first-order valence-corrected chi connectivity index (χ1v) is 49.9. The minimum atomic E-state index is -0.434. The first kappa shape index (κ1) is 64.8. The minimum absolute atomic E-state index is 0.129. The number of furan rings is 3. The van der Waals surface area contributed by atoms with E-state index in [0.717, 1.165) is 114 Å². The molecule has 3 heteroatoms. The number of hydrogen-bond donors (Lipinski definition) is 0. The monoisotopic (exact) mass is 1920 g/mol. The molecule has 0 aliphatic heterocycles. The molecule has 0 fully saturated rings. The summed E-state index contributed by atoms with van der Waals surface area (Å²) in [4.78, 5) is 0. The first-order valence-electron chi connectivity index (χ1n) is 61.9. The third-order valence-electron chi connectivity index (χ3n) is 31.3. The van der Waals surface area contributed by atoms with E-state index >= 15 is 0 Å². The molecule has 0 atom stereocenters. The molecule has 3 aromatic heterocycles. The van der Waals surface area contributed by atoms with Crippen molar-refractivity contribution in [1.29, 1.82) is 0 Å². The summed E-state index contributed by atoms with van der Waals surface area (Å²) in [7, 11) is 0. The Hall–Kier alpha value is -18.8. The van der Waals surface area contributed by atoms with E-state index in [0.29, 0.717) is 100 Å². The Morgan fingerprint density at radius 2 is 0.416 bits per heavy atom. The molecule has 30 aromatic rings. The number of rotatable bonds is 8. The molecule has 0 saturated heterocycles. The fraction of sp³-hybridized carbons (Fsp3) is 0.0411. The highest BCUT2D eigenvalue weighted by molar-refractivity contribution is 6.29. The van der Waals surface area contributed by atoms with Crippen molar-refractivity contribution in [3.8, 4) is 111 Å². The minimum Gasteiger partial charge on any atom is -0.455 e. The third-order valence-corrected chi connectivity index (χ3v) is 31.3. The van der Waals surface area contributed by atoms with Crippen LogP contribution >= 0.6 is 0 Å². The van der Waals surface area contributed by atoms with Crippen LogP contribution < -0.4 is 0 Å². The summed E-state index contributed by atoms with van der Waals surface area (Å²) in [6.07, 6.45) is 0. The van der Waals surface area contributed by atoms with E-state index in [1.807, 2.05) is 249 Å². The van der Waals surface area contributed by atoms with Crippen molar-refractivity contribution in [2.75, 3.05) is 0 Å². The van der Waals surface area contributed by atoms with Crippen LogP contribution in [-0.2, 0) is 10.8 Å². The average molecular weight is 1920 g/mol. The van der Waals surface area contributed by atoms with E-state index in [2.05, 4.69) is 113 Å². The normalized spacial score (nSPS) is 15.2. The largest absolute Gasteiger partial charge is 0.455 e. The summed E-state index contributed by atoms with van der Waals surface area (Å²) in [5.41, 5.74) is 22.5. The molecule has 0 saturated carbocycles. The Morgan fingerprint density at radius 1 is 0.154 bits per heavy atom. The predicted molar refractivity (Wildman–Crippen MR) is 632 cm³/mol. The zero-order valence-corrected chi connectivity index (χ0v) is 80.7. The Labute approximate surface area is 894 Å². The molecule has 0 amide bonds. The summed E-state index contributed by atoms with van der Waals surface area (Å²) in [5.74, 6) is 0. The van der Waals surface area contributed by atoms with Gasteiger partial charge in [0.05, 0.1) is 32.9 Å². The maximum Gasteiger partial charge on any atom is 0.143 e. The van der Waals surface area contributed by atoms with Crippen molar-refractivity contribution in [2.45, 2.75) is 38.5 Å². The van der Waals surface area contributed by atoms with Gasteiger partial charge in [-0.15, -0.1) is 0 Å². The predicted octanol–water partition coefficient (Wildman–Crippen LogP) is 41.4. The zero-order valence-electron chi connectivity index (χ0n) is 105. The van der Waals surface area contributed by atoms with Crippen LogP contribution in [-0.4, -0.2) is 0 Å². The Kier molecular flexibility index (Phi) is 14.5. The molecule has 0 bridgehead atoms. The fourth-order valence-electron chi connectivity index (χ4n) is 24.3. The molecule has 32 rings (SSSR count). The summed E-state index contributed by atoms with van der Waals surface area (Å²) in [6, 6.07) is 107. The van der Waals surface area contributed by atoms with Gasteiger partial charge in [0.2, 0.25) is 0 Å². The zero-order chi connectivity index (χ0) is 119. The maximum absolute atomic E-state index is 9.47. The van der Waals surface area contributed by atoms with E-state index in [1.165, 1.54) is 38.9 Å². The molecule has 2 aliphatic carbocycles. The first-order chi connectivity index (χ1) is 83.4. The highest BCUT2D eigenvalue weighted by atomic mass is 16.3. The molecule has 0 N–H and O–H groups in total. The van der Waals surface area contributed by atoms with Gasteiger partial charge >= 0.3 is 0 Å². The molecule has 27 aromatic carbocycles. The second kappa shape index (κ2) is 33.4. The van der Waals surface area contributed by atoms with Gasteiger partial charge in [0.15, 0.2) is 0 Å². The van der Waals surface area contributed by atoms with Gasteiger partial charge < -0.3 is 13.3 Å². The topological polar surface area (TPSA) is 39.4 Å². The second-order valence-corrected chi connectivity index (χ2v) is 39.9. The molecule has 0 radical (unpaired) electrons. The van der Waals surface area contributed by atoms with Gasteiger partial charge in [0.25, 0.3) is 0 Å². The van der Waals surface area contributed by atoms with Crippen LogP contribution in [0, 0.1) is 0 Å². The quantitative estimate of drug-likeness (QED) is 0.112. The fourth-order valence-corrected chi connectivity index (χ4v) is 24.3. The highest BCUT2D eigenvalue weighted by Gasteiger charge is 2.38. The molecule has 0 spiro atoms. The van der Waals surface area contributed by atoms with E-state index in [1.54, 1.807) is 18.2 Å². The lowest BCUT2D eigenvalue weighted by Crippen LogP contribution is -2.14. The van der Waals surface area contributed by atoms with Crippen LogP contribution in [0.4, 0.5) is 0 Å². The van der Waals surface area contributed by atoms with Gasteiger partial charge in [-0.2, -0.15) is 0 Å². The molecule has 2 aliphatic rings. The maximum atomic E-state index is 9.47. The standard InChI is InChI=1S/2C51H34O.C44H26O/c1-51(2)45-21-10-9-16-37(45)43-29-33(23-26-46(43)51)32-13-11-14-34(28-32)48-38-17-5-7-19-40(38)49(41-20-8-6-18-39(41)48)35-24-27-47-44(30-35)42-25-22-31-12-3-4-15-36(31)50(42)52-47;1-51(2)45-18-10-9-13-37(45)43-29-34(24-27-46(43)51)31-19-21-33(22-20-31)48-38-14-5-7-16-40(38)49(41-17-8-6-15-39(41)48)35-25-28-47-44(30-35)42-26-23-32-11-3-4-12-36(32)50(42)52-47;1-3-12-30-27(10-1)20-23-33-32(30)18-9-19-34(33)43-37-16-7-5-14-35(37)42(36-15-6-8-17-38(36)43)29-22-25-41-40(26-29)39-24-21-28-11-2-4-13-31(28)44(39)45-41/h2*3-30H,1-2H3;1-26H/i5D,6D,7D,8D,17D,18D,19D,20D;2*5D,6D,7D,8D,14D,15D,16D,17D. The smallest absolute Gasteiger partial charge is 0.143 e. The van der Waals surface area contributed by atoms with Gasteiger partial charge in [-0.25, -0.2) is 0 Å². The van der Waals surface area contributed by atoms with Gasteiger partial charge in [0.1, 0.15) is 33.5 Å². The van der Waals surface area contributed by atoms with Gasteiger partial charge in [-0.3, -0.25) is 0 Å². The number of fused-ring (bicyclic) bond motifs is 30. The van der Waals surface area contributed by atoms with Gasteiger partial charge in [-0.05, 0) is 309 Å². The van der Waals surface area contributed by atoms with Gasteiger partial charge in [-0.1, -0.05) is 452 Å². The second-order valence-electron chi connectivity index (χ2n) is 39.9. The van der Waals surface area contributed by atoms with Crippen molar-refractivity contribution in [3.63, 3.8) is 0 Å². The number of hydrogen-bond acceptors (Lipinski definition) is 3. The Morgan fingerprint density at radius 3 is 0.805 bits per heavy atom. The lowest BCUT2D eigenvalue weighted by molar-refractivity contribution is 0.660. The molecule has 0 unspecified atom stereocenters. The number of benzene rings is 27. The molecule has 696 valence electrons. The van der Waals surface area contributed by atoms with Gasteiger partial charge in [0, 0.05) is 59.3 Å². The molecular weight excluding hydrogens is 1800 g/mol. The molecule has 149 heavy (non-hydrogen) atoms. The summed E-state index contributed by atoms with van der Waals surface area (Å²) < 4.78 is 239. The highest BCUT2D eigenvalue weighted by Crippen LogP contribution is 2.56. The lowest BCUT2D eigenvalue weighted by atomic mass is 9.82. The van der Waals surface area contributed by atoms with Crippen LogP contribution in [0.25, 0.3) is 296 Å². The van der Waals surface area contributed by atoms with E-state index in [-0.39, 0.29) is 148 Å². The molecule has 3 heterocycles. The van der Waals surface area contributed by atoms with Crippen LogP contribution in [0.3, 0.4) is 0 Å². The van der Waals surface area contributed by atoms with Crippen molar-refractivity contribution in [3.05, 3.63) is 519 Å². The summed E-state index contributed by atoms with van der Waals surface area (Å²) >= 11 is 0. The van der Waals surface area contributed by atoms with Crippen LogP contribution in [0.15, 0.2) is 510 Å². The average Bonchev–Trinajstić information content (AvgIpc) is 1.68. The van der Waals surface area contributed by atoms with Crippen molar-refractivity contribution in [2.24, 2.45) is 0 Å². The lowest BCUT2D eigenvalue weighted by Gasteiger charge is -2.21. The van der Waals surface area contributed by atoms with Crippen LogP contribution in [0.5, 0.6) is 0 Å². The summed E-state index contributed by atoms with van der Waals surface area (Å²) in [6.45, 7) is 8.96. The Bertz CT molecular complexity index is 12300. The molecule has 3 nitrogen and oxygen atoms in total.